The molecule has 1 heterocycles. The largest absolute Gasteiger partial charge is 0.481 e. The zero-order valence-electron chi connectivity index (χ0n) is 11.6. The number of nitrogens with two attached hydrogens (primary N) is 1. The molecule has 1 amide bonds. The fourth-order valence-electron chi connectivity index (χ4n) is 2.43. The molecule has 0 aromatic heterocycles. The predicted octanol–water partition coefficient (Wildman–Crippen LogP) is 1.57. The number of hydrogen-bond donors (Lipinski definition) is 1. The Morgan fingerprint density at radius 3 is 3.00 bits per heavy atom. The lowest BCUT2D eigenvalue weighted by atomic mass is 10.1. The highest BCUT2D eigenvalue weighted by Gasteiger charge is 2.29. The number of hydrogen-bond acceptors (Lipinski definition) is 3. The zero-order valence-corrected chi connectivity index (χ0v) is 11.6. The van der Waals surface area contributed by atoms with Crippen LogP contribution in [0.2, 0.25) is 0 Å². The second-order valence-electron chi connectivity index (χ2n) is 5.25. The van der Waals surface area contributed by atoms with E-state index in [0.717, 1.165) is 30.8 Å². The van der Waals surface area contributed by atoms with E-state index < -0.39 is 6.10 Å². The number of likely N-dealkylation sites (tertiary alicyclic amines) is 1. The summed E-state index contributed by atoms with van der Waals surface area (Å²) in [6.45, 7) is 6.02. The van der Waals surface area contributed by atoms with E-state index in [-0.39, 0.29) is 5.91 Å². The van der Waals surface area contributed by atoms with Crippen LogP contribution in [0.5, 0.6) is 5.75 Å². The minimum Gasteiger partial charge on any atom is -0.481 e. The summed E-state index contributed by atoms with van der Waals surface area (Å²) in [7, 11) is 0. The van der Waals surface area contributed by atoms with Gasteiger partial charge in [-0.3, -0.25) is 4.79 Å². The molecule has 2 N–H and O–H groups in total. The monoisotopic (exact) mass is 262 g/mol. The number of benzene rings is 1. The van der Waals surface area contributed by atoms with Crippen LogP contribution in [0.4, 0.5) is 0 Å². The van der Waals surface area contributed by atoms with Crippen LogP contribution in [0.1, 0.15) is 18.9 Å². The molecule has 0 radical (unpaired) electrons. The van der Waals surface area contributed by atoms with E-state index in [2.05, 4.69) is 0 Å². The Balaban J connectivity index is 1.93. The molecule has 2 rings (SSSR count). The van der Waals surface area contributed by atoms with Gasteiger partial charge in [0.1, 0.15) is 5.75 Å². The van der Waals surface area contributed by atoms with E-state index in [1.54, 1.807) is 6.92 Å². The number of rotatable bonds is 4. The number of carbonyl (C=O) groups is 1. The molecule has 19 heavy (non-hydrogen) atoms. The molecule has 2 atom stereocenters. The van der Waals surface area contributed by atoms with E-state index in [1.807, 2.05) is 36.1 Å². The summed E-state index contributed by atoms with van der Waals surface area (Å²) in [5.41, 5.74) is 6.77. The van der Waals surface area contributed by atoms with Crippen molar-refractivity contribution >= 4 is 5.91 Å². The van der Waals surface area contributed by atoms with Gasteiger partial charge in [0.15, 0.2) is 6.10 Å². The molecule has 1 fully saturated rings. The molecule has 0 saturated carbocycles. The third kappa shape index (κ3) is 3.47. The van der Waals surface area contributed by atoms with Crippen LogP contribution in [0.3, 0.4) is 0 Å². The SMILES string of the molecule is Cc1cccc(OC(C)C(=O)N2CCC(CN)C2)c1. The molecular formula is C15H22N2O2. The average Bonchev–Trinajstić information content (AvgIpc) is 2.86. The maximum atomic E-state index is 12.3. The third-order valence-electron chi connectivity index (χ3n) is 3.58. The topological polar surface area (TPSA) is 55.6 Å². The normalized spacial score (nSPS) is 20.4. The van der Waals surface area contributed by atoms with Crippen molar-refractivity contribution in [3.8, 4) is 5.75 Å². The minimum atomic E-state index is -0.446. The first-order chi connectivity index (χ1) is 9.10. The van der Waals surface area contributed by atoms with Crippen molar-refractivity contribution < 1.29 is 9.53 Å². The van der Waals surface area contributed by atoms with Gasteiger partial charge in [-0.2, -0.15) is 0 Å². The highest BCUT2D eigenvalue weighted by Crippen LogP contribution is 2.19. The highest BCUT2D eigenvalue weighted by molar-refractivity contribution is 5.81. The van der Waals surface area contributed by atoms with Crippen LogP contribution in [0.25, 0.3) is 0 Å². The molecule has 2 unspecified atom stereocenters. The molecule has 0 bridgehead atoms. The molecule has 4 nitrogen and oxygen atoms in total. The first kappa shape index (κ1) is 13.9. The van der Waals surface area contributed by atoms with Crippen molar-refractivity contribution in [2.75, 3.05) is 19.6 Å². The van der Waals surface area contributed by atoms with E-state index in [1.165, 1.54) is 0 Å². The lowest BCUT2D eigenvalue weighted by Crippen LogP contribution is -2.39. The van der Waals surface area contributed by atoms with Gasteiger partial charge < -0.3 is 15.4 Å². The lowest BCUT2D eigenvalue weighted by molar-refractivity contribution is -0.136. The maximum Gasteiger partial charge on any atom is 0.263 e. The molecule has 1 aromatic rings. The summed E-state index contributed by atoms with van der Waals surface area (Å²) >= 11 is 0. The first-order valence-electron chi connectivity index (χ1n) is 6.82. The van der Waals surface area contributed by atoms with E-state index >= 15 is 0 Å². The van der Waals surface area contributed by atoms with Crippen LogP contribution >= 0.6 is 0 Å². The second kappa shape index (κ2) is 6.06. The molecule has 104 valence electrons. The van der Waals surface area contributed by atoms with Gasteiger partial charge >= 0.3 is 0 Å². The smallest absolute Gasteiger partial charge is 0.263 e. The summed E-state index contributed by atoms with van der Waals surface area (Å²) in [5.74, 6) is 1.24. The highest BCUT2D eigenvalue weighted by atomic mass is 16.5. The van der Waals surface area contributed by atoms with E-state index in [0.29, 0.717) is 12.5 Å². The van der Waals surface area contributed by atoms with E-state index in [4.69, 9.17) is 10.5 Å². The first-order valence-corrected chi connectivity index (χ1v) is 6.82. The molecule has 0 spiro atoms. The number of ether oxygens (including phenoxy) is 1. The fraction of sp³-hybridized carbons (Fsp3) is 0.533. The molecule has 4 heteroatoms. The van der Waals surface area contributed by atoms with Crippen molar-refractivity contribution in [1.29, 1.82) is 0 Å². The van der Waals surface area contributed by atoms with Crippen molar-refractivity contribution in [2.45, 2.75) is 26.4 Å². The van der Waals surface area contributed by atoms with Crippen LogP contribution in [-0.2, 0) is 4.79 Å². The maximum absolute atomic E-state index is 12.3. The van der Waals surface area contributed by atoms with Gasteiger partial charge in [-0.25, -0.2) is 0 Å². The Morgan fingerprint density at radius 2 is 2.37 bits per heavy atom. The van der Waals surface area contributed by atoms with Gasteiger partial charge in [0, 0.05) is 13.1 Å². The fourth-order valence-corrected chi connectivity index (χ4v) is 2.43. The number of aryl methyl sites for hydroxylation is 1. The number of nitrogens with zero attached hydrogens (tertiary/aromatic N) is 1. The summed E-state index contributed by atoms with van der Waals surface area (Å²) in [6.07, 6.45) is 0.553. The van der Waals surface area contributed by atoms with Gasteiger partial charge in [0.25, 0.3) is 5.91 Å². The number of carbonyl (C=O) groups excluding carboxylic acids is 1. The van der Waals surface area contributed by atoms with Crippen molar-refractivity contribution in [1.82, 2.24) is 4.90 Å². The Morgan fingerprint density at radius 1 is 1.58 bits per heavy atom. The molecule has 1 aliphatic heterocycles. The van der Waals surface area contributed by atoms with Crippen molar-refractivity contribution in [2.24, 2.45) is 11.7 Å². The Kier molecular flexibility index (Phi) is 4.43. The van der Waals surface area contributed by atoms with Gasteiger partial charge in [0.2, 0.25) is 0 Å². The molecule has 1 aliphatic rings. The van der Waals surface area contributed by atoms with Crippen molar-refractivity contribution in [3.63, 3.8) is 0 Å². The van der Waals surface area contributed by atoms with Crippen LogP contribution in [-0.4, -0.2) is 36.5 Å². The third-order valence-corrected chi connectivity index (χ3v) is 3.58. The predicted molar refractivity (Wildman–Crippen MR) is 75.0 cm³/mol. The quantitative estimate of drug-likeness (QED) is 0.896. The zero-order chi connectivity index (χ0) is 13.8. The van der Waals surface area contributed by atoms with Gasteiger partial charge in [-0.05, 0) is 50.4 Å². The van der Waals surface area contributed by atoms with Gasteiger partial charge in [-0.15, -0.1) is 0 Å². The van der Waals surface area contributed by atoms with Crippen LogP contribution in [0.15, 0.2) is 24.3 Å². The van der Waals surface area contributed by atoms with Crippen molar-refractivity contribution in [3.05, 3.63) is 29.8 Å². The van der Waals surface area contributed by atoms with Gasteiger partial charge in [-0.1, -0.05) is 12.1 Å². The Hall–Kier alpha value is -1.55. The average molecular weight is 262 g/mol. The van der Waals surface area contributed by atoms with Gasteiger partial charge in [0.05, 0.1) is 0 Å². The number of amides is 1. The Bertz CT molecular complexity index is 448. The van der Waals surface area contributed by atoms with Crippen LogP contribution < -0.4 is 10.5 Å². The summed E-state index contributed by atoms with van der Waals surface area (Å²) < 4.78 is 5.72. The molecule has 0 aliphatic carbocycles. The molecule has 1 aromatic carbocycles. The Labute approximate surface area is 114 Å². The summed E-state index contributed by atoms with van der Waals surface area (Å²) in [6, 6.07) is 7.76. The van der Waals surface area contributed by atoms with Crippen LogP contribution in [0, 0.1) is 12.8 Å². The lowest BCUT2D eigenvalue weighted by Gasteiger charge is -2.21. The minimum absolute atomic E-state index is 0.0532. The molecule has 1 saturated heterocycles. The summed E-state index contributed by atoms with van der Waals surface area (Å²) in [4.78, 5) is 14.1. The second-order valence-corrected chi connectivity index (χ2v) is 5.25. The molecular weight excluding hydrogens is 240 g/mol. The summed E-state index contributed by atoms with van der Waals surface area (Å²) in [5, 5.41) is 0. The van der Waals surface area contributed by atoms with E-state index in [9.17, 15) is 4.79 Å². The standard InChI is InChI=1S/C15H22N2O2/c1-11-4-3-5-14(8-11)19-12(2)15(18)17-7-6-13(9-16)10-17/h3-5,8,12-13H,6-7,9-10,16H2,1-2H3.